The van der Waals surface area contributed by atoms with E-state index >= 15 is 0 Å². The van der Waals surface area contributed by atoms with Crippen molar-refractivity contribution < 1.29 is 14.6 Å². The first kappa shape index (κ1) is 18.7. The molecule has 0 bridgehead atoms. The Morgan fingerprint density at radius 1 is 1.25 bits per heavy atom. The third kappa shape index (κ3) is 3.54. The fraction of sp³-hybridized carbons (Fsp3) is 0.238. The Bertz CT molecular complexity index is 961. The van der Waals surface area contributed by atoms with Gasteiger partial charge in [-0.25, -0.2) is 0 Å². The van der Waals surface area contributed by atoms with Crippen LogP contribution in [0.4, 0.5) is 0 Å². The van der Waals surface area contributed by atoms with Gasteiger partial charge >= 0.3 is 0 Å². The van der Waals surface area contributed by atoms with Gasteiger partial charge in [0.25, 0.3) is 5.91 Å². The van der Waals surface area contributed by atoms with E-state index in [1.54, 1.807) is 29.4 Å². The summed E-state index contributed by atoms with van der Waals surface area (Å²) < 4.78 is 5.73. The quantitative estimate of drug-likeness (QED) is 0.708. The van der Waals surface area contributed by atoms with E-state index < -0.39 is 12.1 Å². The Morgan fingerprint density at radius 3 is 2.86 bits per heavy atom. The summed E-state index contributed by atoms with van der Waals surface area (Å²) in [5, 5.41) is 17.1. The van der Waals surface area contributed by atoms with Crippen molar-refractivity contribution in [1.82, 2.24) is 15.1 Å². The molecule has 28 heavy (non-hydrogen) atoms. The zero-order chi connectivity index (χ0) is 19.5. The number of morpholine rings is 1. The number of amides is 1. The Morgan fingerprint density at radius 2 is 2.11 bits per heavy atom. The minimum Gasteiger partial charge on any atom is -0.394 e. The number of hydrogen-bond acceptors (Lipinski definition) is 4. The molecule has 2 heterocycles. The lowest BCUT2D eigenvalue weighted by Crippen LogP contribution is -2.49. The fourth-order valence-electron chi connectivity index (χ4n) is 3.60. The van der Waals surface area contributed by atoms with Gasteiger partial charge in [-0.2, -0.15) is 5.10 Å². The summed E-state index contributed by atoms with van der Waals surface area (Å²) in [6.45, 7) is 0.579. The van der Waals surface area contributed by atoms with E-state index in [2.05, 4.69) is 10.2 Å². The number of aliphatic hydroxyl groups is 1. The molecule has 1 aliphatic rings. The van der Waals surface area contributed by atoms with Crippen LogP contribution in [-0.2, 0) is 4.74 Å². The SMILES string of the molecule is O=C(c1cccc(-c2cn[nH]c2)c1)N1CCO[C@@H](CO)[C@@H]1c1ccccc1Cl. The number of hydrogen-bond donors (Lipinski definition) is 2. The summed E-state index contributed by atoms with van der Waals surface area (Å²) in [5.74, 6) is -0.128. The largest absolute Gasteiger partial charge is 0.394 e. The van der Waals surface area contributed by atoms with Crippen LogP contribution in [0, 0.1) is 0 Å². The topological polar surface area (TPSA) is 78.5 Å². The maximum atomic E-state index is 13.4. The van der Waals surface area contributed by atoms with Gasteiger partial charge in [0.2, 0.25) is 0 Å². The van der Waals surface area contributed by atoms with Crippen LogP contribution in [0.1, 0.15) is 22.0 Å². The highest BCUT2D eigenvalue weighted by atomic mass is 35.5. The van der Waals surface area contributed by atoms with Crippen LogP contribution in [0.15, 0.2) is 60.9 Å². The zero-order valence-electron chi connectivity index (χ0n) is 15.1. The van der Waals surface area contributed by atoms with Crippen LogP contribution in [-0.4, -0.2) is 52.0 Å². The predicted octanol–water partition coefficient (Wildman–Crippen LogP) is 3.30. The maximum Gasteiger partial charge on any atom is 0.254 e. The Labute approximate surface area is 167 Å². The predicted molar refractivity (Wildman–Crippen MR) is 106 cm³/mol. The number of nitrogens with zero attached hydrogens (tertiary/aromatic N) is 2. The Hall–Kier alpha value is -2.67. The van der Waals surface area contributed by atoms with Crippen molar-refractivity contribution >= 4 is 17.5 Å². The van der Waals surface area contributed by atoms with Crippen LogP contribution in [0.5, 0.6) is 0 Å². The number of ether oxygens (including phenoxy) is 1. The van der Waals surface area contributed by atoms with E-state index in [4.69, 9.17) is 16.3 Å². The van der Waals surface area contributed by atoms with Crippen LogP contribution >= 0.6 is 11.6 Å². The monoisotopic (exact) mass is 397 g/mol. The van der Waals surface area contributed by atoms with Gasteiger partial charge in [0.1, 0.15) is 6.10 Å². The van der Waals surface area contributed by atoms with Crippen molar-refractivity contribution in [1.29, 1.82) is 0 Å². The minimum atomic E-state index is -0.533. The molecule has 3 aromatic rings. The van der Waals surface area contributed by atoms with Crippen LogP contribution in [0.25, 0.3) is 11.1 Å². The molecule has 0 saturated carbocycles. The van der Waals surface area contributed by atoms with Crippen LogP contribution in [0.2, 0.25) is 5.02 Å². The second-order valence-corrected chi connectivity index (χ2v) is 7.03. The average Bonchev–Trinajstić information content (AvgIpc) is 3.28. The van der Waals surface area contributed by atoms with E-state index in [9.17, 15) is 9.90 Å². The van der Waals surface area contributed by atoms with Gasteiger partial charge < -0.3 is 14.7 Å². The third-order valence-electron chi connectivity index (χ3n) is 4.96. The number of aromatic nitrogens is 2. The van der Waals surface area contributed by atoms with E-state index in [0.29, 0.717) is 23.7 Å². The number of rotatable bonds is 4. The highest BCUT2D eigenvalue weighted by Crippen LogP contribution is 2.35. The van der Waals surface area contributed by atoms with Crippen LogP contribution < -0.4 is 0 Å². The molecule has 0 unspecified atom stereocenters. The smallest absolute Gasteiger partial charge is 0.254 e. The molecule has 0 aliphatic carbocycles. The number of nitrogens with one attached hydrogen (secondary N) is 1. The fourth-order valence-corrected chi connectivity index (χ4v) is 3.85. The number of aliphatic hydroxyl groups excluding tert-OH is 1. The number of H-pyrrole nitrogens is 1. The summed E-state index contributed by atoms with van der Waals surface area (Å²) in [7, 11) is 0. The highest BCUT2D eigenvalue weighted by Gasteiger charge is 2.37. The van der Waals surface area contributed by atoms with Crippen molar-refractivity contribution in [2.24, 2.45) is 0 Å². The molecular weight excluding hydrogens is 378 g/mol. The van der Waals surface area contributed by atoms with Gasteiger partial charge in [-0.3, -0.25) is 9.89 Å². The molecule has 1 fully saturated rings. The van der Waals surface area contributed by atoms with Crippen molar-refractivity contribution in [2.75, 3.05) is 19.8 Å². The van der Waals surface area contributed by atoms with E-state index in [1.807, 2.05) is 36.4 Å². The standard InChI is InChI=1S/C21H20ClN3O3/c22-18-7-2-1-6-17(18)20-19(13-26)28-9-8-25(20)21(27)15-5-3-4-14(10-15)16-11-23-24-12-16/h1-7,10-12,19-20,26H,8-9,13H2,(H,23,24)/t19-,20-/m0/s1. The first-order valence-corrected chi connectivity index (χ1v) is 9.44. The molecular formula is C21H20ClN3O3. The molecule has 144 valence electrons. The normalized spacial score (nSPS) is 19.6. The average molecular weight is 398 g/mol. The second kappa shape index (κ2) is 8.14. The first-order chi connectivity index (χ1) is 13.7. The van der Waals surface area contributed by atoms with E-state index in [-0.39, 0.29) is 12.5 Å². The molecule has 2 aromatic carbocycles. The molecule has 0 spiro atoms. The lowest BCUT2D eigenvalue weighted by atomic mass is 9.96. The minimum absolute atomic E-state index is 0.128. The molecule has 1 aromatic heterocycles. The van der Waals surface area contributed by atoms with Gasteiger partial charge in [-0.15, -0.1) is 0 Å². The first-order valence-electron chi connectivity index (χ1n) is 9.06. The summed E-state index contributed by atoms with van der Waals surface area (Å²) in [6, 6.07) is 14.3. The zero-order valence-corrected chi connectivity index (χ0v) is 15.8. The summed E-state index contributed by atoms with van der Waals surface area (Å²) in [5.41, 5.74) is 3.14. The Balaban J connectivity index is 1.70. The van der Waals surface area contributed by atoms with Crippen molar-refractivity contribution in [3.8, 4) is 11.1 Å². The van der Waals surface area contributed by atoms with Gasteiger partial charge in [0.15, 0.2) is 0 Å². The van der Waals surface area contributed by atoms with Crippen LogP contribution in [0.3, 0.4) is 0 Å². The number of aromatic amines is 1. The van der Waals surface area contributed by atoms with E-state index in [0.717, 1.165) is 16.7 Å². The number of carbonyl (C=O) groups excluding carboxylic acids is 1. The molecule has 7 heteroatoms. The van der Waals surface area contributed by atoms with Crippen molar-refractivity contribution in [3.05, 3.63) is 77.1 Å². The van der Waals surface area contributed by atoms with Gasteiger partial charge in [-0.1, -0.05) is 41.9 Å². The molecule has 4 rings (SSSR count). The number of benzene rings is 2. The van der Waals surface area contributed by atoms with E-state index in [1.165, 1.54) is 0 Å². The maximum absolute atomic E-state index is 13.4. The number of carbonyl (C=O) groups is 1. The van der Waals surface area contributed by atoms with Gasteiger partial charge in [0, 0.05) is 28.9 Å². The molecule has 6 nitrogen and oxygen atoms in total. The molecule has 2 atom stereocenters. The third-order valence-corrected chi connectivity index (χ3v) is 5.30. The molecule has 1 saturated heterocycles. The van der Waals surface area contributed by atoms with Gasteiger partial charge in [0.05, 0.1) is 25.5 Å². The highest BCUT2D eigenvalue weighted by molar-refractivity contribution is 6.31. The molecule has 0 radical (unpaired) electrons. The summed E-state index contributed by atoms with van der Waals surface area (Å²) in [6.07, 6.45) is 2.97. The Kier molecular flexibility index (Phi) is 5.43. The summed E-state index contributed by atoms with van der Waals surface area (Å²) >= 11 is 6.40. The lowest BCUT2D eigenvalue weighted by Gasteiger charge is -2.41. The molecule has 1 aliphatic heterocycles. The molecule has 1 amide bonds. The number of halogens is 1. The molecule has 2 N–H and O–H groups in total. The van der Waals surface area contributed by atoms with Gasteiger partial charge in [-0.05, 0) is 29.3 Å². The lowest BCUT2D eigenvalue weighted by molar-refractivity contribution is -0.0811. The summed E-state index contributed by atoms with van der Waals surface area (Å²) in [4.78, 5) is 15.1. The second-order valence-electron chi connectivity index (χ2n) is 6.62. The van der Waals surface area contributed by atoms with Crippen molar-refractivity contribution in [3.63, 3.8) is 0 Å². The van der Waals surface area contributed by atoms with Crippen molar-refractivity contribution in [2.45, 2.75) is 12.1 Å².